The van der Waals surface area contributed by atoms with Crippen molar-refractivity contribution in [2.45, 2.75) is 57.4 Å². The van der Waals surface area contributed by atoms with Crippen LogP contribution in [-0.4, -0.2) is 68.5 Å². The maximum atomic E-state index is 13.5. The Kier molecular flexibility index (Phi) is 10.7. The highest BCUT2D eigenvalue weighted by Gasteiger charge is 2.32. The van der Waals surface area contributed by atoms with Crippen molar-refractivity contribution in [3.05, 3.63) is 53.6 Å². The minimum absolute atomic E-state index is 0.152. The van der Waals surface area contributed by atoms with Crippen LogP contribution >= 0.6 is 0 Å². The Balaban J connectivity index is 1.86. The Morgan fingerprint density at radius 1 is 1.26 bits per heavy atom. The number of carbonyl (C=O) groups excluding carboxylic acids is 1. The first-order valence-electron chi connectivity index (χ1n) is 13.4. The van der Waals surface area contributed by atoms with Crippen molar-refractivity contribution in [3.63, 3.8) is 0 Å². The third kappa shape index (κ3) is 8.68. The Hall–Kier alpha value is -3.13. The van der Waals surface area contributed by atoms with E-state index in [-0.39, 0.29) is 17.9 Å². The van der Waals surface area contributed by atoms with E-state index in [0.717, 1.165) is 16.3 Å². The summed E-state index contributed by atoms with van der Waals surface area (Å²) in [5.74, 6) is 3.86. The Morgan fingerprint density at radius 2 is 1.95 bits per heavy atom. The number of aliphatic hydroxyl groups excluding tert-OH is 1. The number of sulfonamides is 1. The molecule has 0 radical (unpaired) electrons. The predicted molar refractivity (Wildman–Crippen MR) is 156 cm³/mol. The largest absolute Gasteiger partial charge is 0.390 e. The van der Waals surface area contributed by atoms with E-state index in [1.807, 2.05) is 30.3 Å². The number of benzene rings is 1. The van der Waals surface area contributed by atoms with E-state index in [4.69, 9.17) is 6.42 Å². The molecule has 0 aliphatic heterocycles. The van der Waals surface area contributed by atoms with E-state index in [9.17, 15) is 18.3 Å². The third-order valence-corrected chi connectivity index (χ3v) is 9.22. The first-order chi connectivity index (χ1) is 18.5. The van der Waals surface area contributed by atoms with Crippen molar-refractivity contribution < 1.29 is 18.3 Å². The second kappa shape index (κ2) is 13.8. The number of aromatic nitrogens is 1. The van der Waals surface area contributed by atoms with Crippen LogP contribution in [0, 0.1) is 24.2 Å². The molecule has 1 aliphatic carbocycles. The number of rotatable bonds is 15. The lowest BCUT2D eigenvalue weighted by atomic mass is 10.0. The van der Waals surface area contributed by atoms with Crippen LogP contribution in [0.5, 0.6) is 0 Å². The van der Waals surface area contributed by atoms with E-state index >= 15 is 0 Å². The summed E-state index contributed by atoms with van der Waals surface area (Å²) in [6, 6.07) is 12.1. The monoisotopic (exact) mass is 555 g/mol. The minimum atomic E-state index is -3.66. The molecule has 1 aromatic carbocycles. The summed E-state index contributed by atoms with van der Waals surface area (Å²) in [7, 11) is -2.22. The van der Waals surface area contributed by atoms with Crippen molar-refractivity contribution in [2.24, 2.45) is 11.8 Å². The van der Waals surface area contributed by atoms with Crippen molar-refractivity contribution in [3.8, 4) is 12.3 Å². The highest BCUT2D eigenvalue weighted by molar-refractivity contribution is 7.93. The number of terminal acetylenes is 1. The van der Waals surface area contributed by atoms with Gasteiger partial charge in [-0.3, -0.25) is 9.10 Å². The van der Waals surface area contributed by atoms with Gasteiger partial charge in [0.25, 0.3) is 5.91 Å². The fraction of sp³-hybridized carbons (Fsp3) is 0.517. The highest BCUT2D eigenvalue weighted by Crippen LogP contribution is 2.37. The molecule has 1 heterocycles. The van der Waals surface area contributed by atoms with Crippen LogP contribution in [0.2, 0.25) is 0 Å². The quantitative estimate of drug-likeness (QED) is 0.197. The van der Waals surface area contributed by atoms with Gasteiger partial charge in [0.15, 0.2) is 0 Å². The second-order valence-electron chi connectivity index (χ2n) is 10.5. The first kappa shape index (κ1) is 30.4. The van der Waals surface area contributed by atoms with Gasteiger partial charge in [-0.2, -0.15) is 0 Å². The lowest BCUT2D eigenvalue weighted by molar-refractivity contribution is 0.0831. The summed E-state index contributed by atoms with van der Waals surface area (Å²) in [6.45, 7) is 6.88. The Bertz CT molecular complexity index is 1250. The number of nitrogens with zero attached hydrogens (tertiary/aromatic N) is 2. The molecule has 212 valence electrons. The van der Waals surface area contributed by atoms with Gasteiger partial charge in [0.05, 0.1) is 17.4 Å². The van der Waals surface area contributed by atoms with E-state index < -0.39 is 33.3 Å². The fourth-order valence-electron chi connectivity index (χ4n) is 4.22. The number of hydrogen-bond donors (Lipinski definition) is 4. The van der Waals surface area contributed by atoms with E-state index in [1.54, 1.807) is 19.9 Å². The van der Waals surface area contributed by atoms with Crippen molar-refractivity contribution in [1.82, 2.24) is 15.6 Å². The van der Waals surface area contributed by atoms with Crippen LogP contribution < -0.4 is 20.3 Å². The molecule has 1 saturated carbocycles. The van der Waals surface area contributed by atoms with Crippen LogP contribution in [-0.2, 0) is 16.4 Å². The van der Waals surface area contributed by atoms with Gasteiger partial charge in [0, 0.05) is 38.7 Å². The molecule has 1 amide bonds. The summed E-state index contributed by atoms with van der Waals surface area (Å²) < 4.78 is 26.9. The normalized spacial score (nSPS) is 18.2. The number of carbonyl (C=O) groups is 1. The topological polar surface area (TPSA) is 124 Å². The molecular weight excluding hydrogens is 514 g/mol. The summed E-state index contributed by atoms with van der Waals surface area (Å²) in [5.41, 5.74) is 1.22. The van der Waals surface area contributed by atoms with Crippen LogP contribution in [0.3, 0.4) is 0 Å². The SMILES string of the molecule is C#CCCNC[C@@H](O)[C@H](Cc1ccccc1)NC(=O)c1cc(NC[C@H]2C[C@@H]2C)nc(N(C)S(=O)(=O)C(C)C)c1. The number of anilines is 2. The average Bonchev–Trinajstić information content (AvgIpc) is 3.63. The molecule has 10 heteroatoms. The van der Waals surface area contributed by atoms with Crippen LogP contribution in [0.25, 0.3) is 0 Å². The average molecular weight is 556 g/mol. The number of amides is 1. The van der Waals surface area contributed by atoms with Gasteiger partial charge in [-0.25, -0.2) is 13.4 Å². The molecular formula is C29H41N5O4S. The van der Waals surface area contributed by atoms with Gasteiger partial charge in [-0.1, -0.05) is 37.3 Å². The zero-order chi connectivity index (χ0) is 28.6. The molecule has 0 spiro atoms. The van der Waals surface area contributed by atoms with Crippen LogP contribution in [0.1, 0.15) is 49.5 Å². The van der Waals surface area contributed by atoms with Crippen LogP contribution in [0.4, 0.5) is 11.6 Å². The van der Waals surface area contributed by atoms with Gasteiger partial charge in [0.1, 0.15) is 11.6 Å². The standard InChI is InChI=1S/C29H41N5O4S/c1-6-7-13-30-19-26(35)25(15-22-11-9-8-10-12-22)32-29(36)23-16-27(31-18-24-14-21(24)4)33-28(17-23)34(5)39(37,38)20(2)3/h1,8-12,16-17,20-21,24-26,30,35H,7,13-15,18-19H2,2-5H3,(H,31,33)(H,32,36)/t21-,24+,25-,26+/m0/s1. The van der Waals surface area contributed by atoms with E-state index in [1.165, 1.54) is 13.1 Å². The zero-order valence-electron chi connectivity index (χ0n) is 23.2. The second-order valence-corrected chi connectivity index (χ2v) is 13.0. The molecule has 2 aromatic rings. The summed E-state index contributed by atoms with van der Waals surface area (Å²) in [5, 5.41) is 19.7. The van der Waals surface area contributed by atoms with Gasteiger partial charge >= 0.3 is 0 Å². The molecule has 9 nitrogen and oxygen atoms in total. The summed E-state index contributed by atoms with van der Waals surface area (Å²) in [6.07, 6.45) is 6.50. The smallest absolute Gasteiger partial charge is 0.251 e. The lowest BCUT2D eigenvalue weighted by Crippen LogP contribution is -2.49. The molecule has 4 N–H and O–H groups in total. The van der Waals surface area contributed by atoms with E-state index in [0.29, 0.717) is 43.6 Å². The molecule has 1 fully saturated rings. The molecule has 39 heavy (non-hydrogen) atoms. The summed E-state index contributed by atoms with van der Waals surface area (Å²) in [4.78, 5) is 18.1. The van der Waals surface area contributed by atoms with Gasteiger partial charge in [0.2, 0.25) is 10.0 Å². The summed E-state index contributed by atoms with van der Waals surface area (Å²) >= 11 is 0. The molecule has 3 rings (SSSR count). The lowest BCUT2D eigenvalue weighted by Gasteiger charge is -2.26. The maximum Gasteiger partial charge on any atom is 0.251 e. The number of nitrogens with one attached hydrogen (secondary N) is 3. The third-order valence-electron chi connectivity index (χ3n) is 7.07. The molecule has 0 saturated heterocycles. The van der Waals surface area contributed by atoms with Gasteiger partial charge in [-0.15, -0.1) is 12.3 Å². The zero-order valence-corrected chi connectivity index (χ0v) is 24.0. The molecule has 1 aromatic heterocycles. The molecule has 0 unspecified atom stereocenters. The number of pyridine rings is 1. The van der Waals surface area contributed by atoms with Crippen LogP contribution in [0.15, 0.2) is 42.5 Å². The van der Waals surface area contributed by atoms with E-state index in [2.05, 4.69) is 33.8 Å². The predicted octanol–water partition coefficient (Wildman–Crippen LogP) is 2.64. The fourth-order valence-corrected chi connectivity index (χ4v) is 5.21. The van der Waals surface area contributed by atoms with Gasteiger partial charge in [-0.05, 0) is 56.2 Å². The molecule has 1 aliphatic rings. The number of hydrogen-bond acceptors (Lipinski definition) is 7. The Labute approximate surface area is 232 Å². The van der Waals surface area contributed by atoms with Crippen molar-refractivity contribution in [2.75, 3.05) is 36.3 Å². The maximum absolute atomic E-state index is 13.5. The molecule has 0 bridgehead atoms. The van der Waals surface area contributed by atoms with Gasteiger partial charge < -0.3 is 21.1 Å². The first-order valence-corrected chi connectivity index (χ1v) is 14.9. The van der Waals surface area contributed by atoms with Crippen molar-refractivity contribution in [1.29, 1.82) is 0 Å². The Morgan fingerprint density at radius 3 is 2.56 bits per heavy atom. The minimum Gasteiger partial charge on any atom is -0.390 e. The number of aliphatic hydroxyl groups is 1. The molecule has 4 atom stereocenters. The highest BCUT2D eigenvalue weighted by atomic mass is 32.2. The van der Waals surface area contributed by atoms with Crippen molar-refractivity contribution >= 4 is 27.6 Å².